The lowest BCUT2D eigenvalue weighted by Crippen LogP contribution is -2.42. The molecule has 25 heavy (non-hydrogen) atoms. The zero-order valence-electron chi connectivity index (χ0n) is 14.9. The van der Waals surface area contributed by atoms with E-state index in [1.165, 1.54) is 11.8 Å². The Morgan fingerprint density at radius 3 is 2.48 bits per heavy atom. The highest BCUT2D eigenvalue weighted by molar-refractivity contribution is 7.99. The Labute approximate surface area is 151 Å². The van der Waals surface area contributed by atoms with Gasteiger partial charge >= 0.3 is 5.97 Å². The lowest BCUT2D eigenvalue weighted by Gasteiger charge is -2.18. The number of likely N-dealkylation sites (N-methyl/N-ethyl adjacent to an activating group) is 2. The van der Waals surface area contributed by atoms with Gasteiger partial charge in [-0.3, -0.25) is 14.4 Å². The Balaban J connectivity index is 2.24. The fourth-order valence-electron chi connectivity index (χ4n) is 2.03. The predicted octanol–water partition coefficient (Wildman–Crippen LogP) is -1.02. The van der Waals surface area contributed by atoms with Gasteiger partial charge in [-0.25, -0.2) is 4.79 Å². The van der Waals surface area contributed by atoms with Crippen molar-refractivity contribution in [3.05, 3.63) is 0 Å². The van der Waals surface area contributed by atoms with Crippen molar-refractivity contribution >= 4 is 35.5 Å². The first-order valence-electron chi connectivity index (χ1n) is 8.09. The standard InChI is InChI=1S/C15H26N4O5S/c1-16-11(15(23)24-19-13(21)4-5-14(19)22)6-9-25-10-12(20)17-7-8-18(2)3/h11,16H,4-10H2,1-3H3,(H,17,20). The molecule has 9 nitrogen and oxygen atoms in total. The fraction of sp³-hybridized carbons (Fsp3) is 0.733. The highest BCUT2D eigenvalue weighted by Crippen LogP contribution is 2.14. The quantitative estimate of drug-likeness (QED) is 0.350. The van der Waals surface area contributed by atoms with Crippen LogP contribution in [0, 0.1) is 0 Å². The minimum Gasteiger partial charge on any atom is -0.354 e. The van der Waals surface area contributed by atoms with Crippen molar-refractivity contribution in [3.8, 4) is 0 Å². The Morgan fingerprint density at radius 1 is 1.28 bits per heavy atom. The Kier molecular flexibility index (Phi) is 9.46. The molecule has 1 unspecified atom stereocenters. The van der Waals surface area contributed by atoms with Crippen molar-refractivity contribution in [2.45, 2.75) is 25.3 Å². The lowest BCUT2D eigenvalue weighted by atomic mass is 10.2. The van der Waals surface area contributed by atoms with Crippen LogP contribution in [0.2, 0.25) is 0 Å². The summed E-state index contributed by atoms with van der Waals surface area (Å²) in [6.45, 7) is 1.37. The molecular formula is C15H26N4O5S. The molecule has 1 atom stereocenters. The smallest absolute Gasteiger partial charge is 0.349 e. The van der Waals surface area contributed by atoms with Gasteiger partial charge in [-0.2, -0.15) is 11.8 Å². The van der Waals surface area contributed by atoms with Gasteiger partial charge in [0.05, 0.1) is 5.75 Å². The maximum atomic E-state index is 12.0. The summed E-state index contributed by atoms with van der Waals surface area (Å²) in [6, 6.07) is -0.648. The van der Waals surface area contributed by atoms with E-state index in [-0.39, 0.29) is 18.7 Å². The Morgan fingerprint density at radius 2 is 1.92 bits per heavy atom. The first kappa shape index (κ1) is 21.4. The van der Waals surface area contributed by atoms with Crippen molar-refractivity contribution < 1.29 is 24.0 Å². The number of thioether (sulfide) groups is 1. The van der Waals surface area contributed by atoms with Crippen LogP contribution in [0.3, 0.4) is 0 Å². The predicted molar refractivity (Wildman–Crippen MR) is 93.5 cm³/mol. The van der Waals surface area contributed by atoms with E-state index in [1.807, 2.05) is 19.0 Å². The molecule has 0 aromatic carbocycles. The molecule has 0 aromatic rings. The van der Waals surface area contributed by atoms with Crippen LogP contribution in [0.15, 0.2) is 0 Å². The van der Waals surface area contributed by atoms with Gasteiger partial charge < -0.3 is 20.4 Å². The van der Waals surface area contributed by atoms with Crippen LogP contribution in [-0.2, 0) is 24.0 Å². The summed E-state index contributed by atoms with van der Waals surface area (Å²) in [4.78, 5) is 53.4. The van der Waals surface area contributed by atoms with Crippen LogP contribution in [0.4, 0.5) is 0 Å². The van der Waals surface area contributed by atoms with E-state index in [0.717, 1.165) is 6.54 Å². The number of rotatable bonds is 11. The molecule has 1 aliphatic heterocycles. The van der Waals surface area contributed by atoms with Gasteiger partial charge in [-0.15, -0.1) is 5.06 Å². The van der Waals surface area contributed by atoms with Gasteiger partial charge in [0.15, 0.2) is 0 Å². The molecule has 0 aromatic heterocycles. The van der Waals surface area contributed by atoms with E-state index < -0.39 is 23.8 Å². The lowest BCUT2D eigenvalue weighted by molar-refractivity contribution is -0.199. The molecule has 1 saturated heterocycles. The second-order valence-electron chi connectivity index (χ2n) is 5.83. The highest BCUT2D eigenvalue weighted by atomic mass is 32.2. The van der Waals surface area contributed by atoms with E-state index in [9.17, 15) is 19.2 Å². The Bertz CT molecular complexity index is 484. The molecule has 1 heterocycles. The van der Waals surface area contributed by atoms with Crippen LogP contribution in [0.25, 0.3) is 0 Å². The van der Waals surface area contributed by atoms with E-state index >= 15 is 0 Å². The third kappa shape index (κ3) is 7.84. The monoisotopic (exact) mass is 374 g/mol. The molecule has 3 amide bonds. The molecular weight excluding hydrogens is 348 g/mol. The van der Waals surface area contributed by atoms with Gasteiger partial charge in [0.2, 0.25) is 5.91 Å². The topological polar surface area (TPSA) is 108 Å². The summed E-state index contributed by atoms with van der Waals surface area (Å²) in [5.74, 6) is -0.870. The molecule has 0 radical (unpaired) electrons. The summed E-state index contributed by atoms with van der Waals surface area (Å²) < 4.78 is 0. The van der Waals surface area contributed by atoms with Crippen LogP contribution < -0.4 is 10.6 Å². The molecule has 0 aliphatic carbocycles. The summed E-state index contributed by atoms with van der Waals surface area (Å²) in [6.07, 6.45) is 0.547. The van der Waals surface area contributed by atoms with Crippen molar-refractivity contribution in [2.24, 2.45) is 0 Å². The molecule has 0 bridgehead atoms. The second-order valence-corrected chi connectivity index (χ2v) is 6.93. The van der Waals surface area contributed by atoms with Crippen LogP contribution in [-0.4, -0.2) is 85.4 Å². The van der Waals surface area contributed by atoms with Crippen molar-refractivity contribution in [2.75, 3.05) is 45.7 Å². The minimum atomic E-state index is -0.679. The van der Waals surface area contributed by atoms with E-state index in [0.29, 0.717) is 29.5 Å². The minimum absolute atomic E-state index is 0.0521. The summed E-state index contributed by atoms with van der Waals surface area (Å²) in [5.41, 5.74) is 0. The van der Waals surface area contributed by atoms with Crippen molar-refractivity contribution in [3.63, 3.8) is 0 Å². The highest BCUT2D eigenvalue weighted by Gasteiger charge is 2.34. The van der Waals surface area contributed by atoms with E-state index in [1.54, 1.807) is 7.05 Å². The SMILES string of the molecule is CNC(CCSCC(=O)NCCN(C)C)C(=O)ON1C(=O)CCC1=O. The normalized spacial score (nSPS) is 15.6. The third-order valence-corrected chi connectivity index (χ3v) is 4.48. The summed E-state index contributed by atoms with van der Waals surface area (Å²) >= 11 is 1.40. The molecule has 1 aliphatic rings. The van der Waals surface area contributed by atoms with Crippen molar-refractivity contribution in [1.82, 2.24) is 20.6 Å². The van der Waals surface area contributed by atoms with Gasteiger partial charge in [0.25, 0.3) is 11.8 Å². The first-order valence-corrected chi connectivity index (χ1v) is 9.24. The number of amides is 3. The van der Waals surface area contributed by atoms with Crippen molar-refractivity contribution in [1.29, 1.82) is 0 Å². The van der Waals surface area contributed by atoms with Crippen LogP contribution >= 0.6 is 11.8 Å². The average Bonchev–Trinajstić information content (AvgIpc) is 2.86. The fourth-order valence-corrected chi connectivity index (χ4v) is 2.86. The number of nitrogens with zero attached hydrogens (tertiary/aromatic N) is 2. The molecule has 2 N–H and O–H groups in total. The summed E-state index contributed by atoms with van der Waals surface area (Å²) in [5, 5.41) is 6.14. The largest absolute Gasteiger partial charge is 0.354 e. The number of hydrogen-bond donors (Lipinski definition) is 2. The molecule has 10 heteroatoms. The maximum Gasteiger partial charge on any atom is 0.349 e. The third-order valence-electron chi connectivity index (χ3n) is 3.49. The number of imide groups is 1. The van der Waals surface area contributed by atoms with Crippen LogP contribution in [0.1, 0.15) is 19.3 Å². The first-order chi connectivity index (χ1) is 11.8. The van der Waals surface area contributed by atoms with E-state index in [2.05, 4.69) is 10.6 Å². The number of hydrogen-bond acceptors (Lipinski definition) is 8. The van der Waals surface area contributed by atoms with Gasteiger partial charge in [-0.1, -0.05) is 0 Å². The van der Waals surface area contributed by atoms with E-state index in [4.69, 9.17) is 4.84 Å². The molecule has 1 rings (SSSR count). The molecule has 0 saturated carbocycles. The number of nitrogens with one attached hydrogen (secondary N) is 2. The zero-order chi connectivity index (χ0) is 18.8. The van der Waals surface area contributed by atoms with Gasteiger partial charge in [-0.05, 0) is 33.3 Å². The number of carbonyl (C=O) groups is 4. The van der Waals surface area contributed by atoms with Gasteiger partial charge in [0, 0.05) is 25.9 Å². The molecule has 142 valence electrons. The number of hydroxylamine groups is 2. The second kappa shape index (κ2) is 11.1. The molecule has 0 spiro atoms. The number of carbonyl (C=O) groups excluding carboxylic acids is 4. The Hall–Kier alpha value is -1.65. The maximum absolute atomic E-state index is 12.0. The average molecular weight is 374 g/mol. The van der Waals surface area contributed by atoms with Gasteiger partial charge in [0.1, 0.15) is 6.04 Å². The molecule has 1 fully saturated rings. The zero-order valence-corrected chi connectivity index (χ0v) is 15.7. The van der Waals surface area contributed by atoms with Crippen LogP contribution in [0.5, 0.6) is 0 Å². The summed E-state index contributed by atoms with van der Waals surface area (Å²) in [7, 11) is 5.46.